The second-order valence-corrected chi connectivity index (χ2v) is 6.15. The van der Waals surface area contributed by atoms with Crippen molar-refractivity contribution >= 4 is 0 Å². The lowest BCUT2D eigenvalue weighted by Gasteiger charge is -2.22. The van der Waals surface area contributed by atoms with Crippen molar-refractivity contribution in [3.63, 3.8) is 0 Å². The van der Waals surface area contributed by atoms with Crippen LogP contribution in [-0.2, 0) is 13.1 Å². The number of likely N-dealkylation sites (tertiary alicyclic amines) is 1. The van der Waals surface area contributed by atoms with Gasteiger partial charge < -0.3 is 9.52 Å². The van der Waals surface area contributed by atoms with Crippen molar-refractivity contribution in [1.29, 1.82) is 0 Å². The number of benzene rings is 1. The van der Waals surface area contributed by atoms with E-state index in [9.17, 15) is 5.11 Å². The van der Waals surface area contributed by atoms with E-state index in [1.807, 2.05) is 30.3 Å². The Hall–Kier alpha value is -2.58. The molecule has 1 aromatic carbocycles. The van der Waals surface area contributed by atoms with E-state index in [0.29, 0.717) is 37.8 Å². The van der Waals surface area contributed by atoms with Gasteiger partial charge in [-0.3, -0.25) is 4.90 Å². The molecule has 3 heterocycles. The summed E-state index contributed by atoms with van der Waals surface area (Å²) in [6.07, 6.45) is 4.04. The average molecular weight is 326 g/mol. The summed E-state index contributed by atoms with van der Waals surface area (Å²) < 4.78 is 7.39. The van der Waals surface area contributed by atoms with Gasteiger partial charge in [-0.15, -0.1) is 15.3 Å². The molecule has 1 aliphatic rings. The molecule has 0 radical (unpaired) electrons. The van der Waals surface area contributed by atoms with Crippen LogP contribution >= 0.6 is 0 Å². The number of rotatable bonds is 5. The number of β-amino-alcohol motifs (C(OH)–C–C–N with tert-alkyl or cyclic N) is 1. The zero-order valence-electron chi connectivity index (χ0n) is 13.1. The Labute approximate surface area is 138 Å². The van der Waals surface area contributed by atoms with Gasteiger partial charge in [0.05, 0.1) is 24.9 Å². The number of aromatic nitrogens is 5. The molecule has 1 saturated heterocycles. The molecule has 0 bridgehead atoms. The molecule has 4 rings (SSSR count). The highest BCUT2D eigenvalue weighted by molar-refractivity contribution is 5.51. The first-order chi connectivity index (χ1) is 11.7. The SMILES string of the molecule is OC1(Cn2ccnn2)CCN(Cc2nnc(-c3ccccc3)o2)C1. The molecule has 8 heteroatoms. The van der Waals surface area contributed by atoms with Crippen LogP contribution in [0.1, 0.15) is 12.3 Å². The third-order valence-corrected chi connectivity index (χ3v) is 4.19. The van der Waals surface area contributed by atoms with Crippen LogP contribution in [0.2, 0.25) is 0 Å². The number of nitrogens with zero attached hydrogens (tertiary/aromatic N) is 6. The van der Waals surface area contributed by atoms with Crippen molar-refractivity contribution in [2.45, 2.75) is 25.1 Å². The largest absolute Gasteiger partial charge is 0.419 e. The molecular formula is C16H18N6O2. The van der Waals surface area contributed by atoms with E-state index in [2.05, 4.69) is 25.4 Å². The summed E-state index contributed by atoms with van der Waals surface area (Å²) in [5.74, 6) is 1.07. The maximum Gasteiger partial charge on any atom is 0.247 e. The summed E-state index contributed by atoms with van der Waals surface area (Å²) in [6, 6.07) is 9.68. The quantitative estimate of drug-likeness (QED) is 0.746. The number of hydrogen-bond donors (Lipinski definition) is 1. The first-order valence-corrected chi connectivity index (χ1v) is 7.87. The molecule has 1 aliphatic heterocycles. The smallest absolute Gasteiger partial charge is 0.247 e. The second-order valence-electron chi connectivity index (χ2n) is 6.15. The zero-order chi connectivity index (χ0) is 16.4. The van der Waals surface area contributed by atoms with Crippen LogP contribution < -0.4 is 0 Å². The van der Waals surface area contributed by atoms with E-state index >= 15 is 0 Å². The van der Waals surface area contributed by atoms with Gasteiger partial charge in [0.1, 0.15) is 0 Å². The van der Waals surface area contributed by atoms with Gasteiger partial charge in [-0.25, -0.2) is 4.68 Å². The Kier molecular flexibility index (Phi) is 3.83. The molecule has 1 atom stereocenters. The van der Waals surface area contributed by atoms with Gasteiger partial charge in [-0.2, -0.15) is 0 Å². The fourth-order valence-electron chi connectivity index (χ4n) is 3.03. The normalized spacial score (nSPS) is 21.4. The van der Waals surface area contributed by atoms with E-state index in [1.54, 1.807) is 17.1 Å². The number of aliphatic hydroxyl groups is 1. The molecule has 8 nitrogen and oxygen atoms in total. The van der Waals surface area contributed by atoms with Crippen LogP contribution in [-0.4, -0.2) is 53.9 Å². The van der Waals surface area contributed by atoms with Gasteiger partial charge in [0.2, 0.25) is 11.8 Å². The van der Waals surface area contributed by atoms with Gasteiger partial charge in [0.25, 0.3) is 0 Å². The Bertz CT molecular complexity index is 788. The molecular weight excluding hydrogens is 308 g/mol. The van der Waals surface area contributed by atoms with Crippen LogP contribution in [0.5, 0.6) is 0 Å². The molecule has 0 aliphatic carbocycles. The van der Waals surface area contributed by atoms with Gasteiger partial charge in [-0.1, -0.05) is 23.4 Å². The van der Waals surface area contributed by atoms with Crippen LogP contribution in [0.15, 0.2) is 47.1 Å². The molecule has 124 valence electrons. The molecule has 0 amide bonds. The fraction of sp³-hybridized carbons (Fsp3) is 0.375. The zero-order valence-corrected chi connectivity index (χ0v) is 13.1. The van der Waals surface area contributed by atoms with Gasteiger partial charge >= 0.3 is 0 Å². The molecule has 1 unspecified atom stereocenters. The van der Waals surface area contributed by atoms with Crippen molar-refractivity contribution in [1.82, 2.24) is 30.1 Å². The van der Waals surface area contributed by atoms with E-state index < -0.39 is 5.60 Å². The van der Waals surface area contributed by atoms with Crippen LogP contribution in [0.3, 0.4) is 0 Å². The summed E-state index contributed by atoms with van der Waals surface area (Å²) in [4.78, 5) is 2.11. The average Bonchev–Trinajstić information content (AvgIpc) is 3.32. The lowest BCUT2D eigenvalue weighted by Crippen LogP contribution is -2.37. The van der Waals surface area contributed by atoms with Gasteiger partial charge in [0, 0.05) is 24.8 Å². The molecule has 0 saturated carbocycles. The predicted octanol–water partition coefficient (Wildman–Crippen LogP) is 0.965. The highest BCUT2D eigenvalue weighted by Gasteiger charge is 2.37. The van der Waals surface area contributed by atoms with Crippen molar-refractivity contribution in [3.05, 3.63) is 48.6 Å². The Morgan fingerprint density at radius 3 is 2.88 bits per heavy atom. The Balaban J connectivity index is 1.39. The summed E-state index contributed by atoms with van der Waals surface area (Å²) in [7, 11) is 0. The third-order valence-electron chi connectivity index (χ3n) is 4.19. The lowest BCUT2D eigenvalue weighted by molar-refractivity contribution is 0.0267. The Morgan fingerprint density at radius 1 is 1.21 bits per heavy atom. The second kappa shape index (κ2) is 6.14. The maximum absolute atomic E-state index is 10.7. The highest BCUT2D eigenvalue weighted by atomic mass is 16.4. The summed E-state index contributed by atoms with van der Waals surface area (Å²) in [5.41, 5.74) is 0.0936. The summed E-state index contributed by atoms with van der Waals surface area (Å²) in [6.45, 7) is 2.27. The molecule has 1 N–H and O–H groups in total. The van der Waals surface area contributed by atoms with Crippen LogP contribution in [0.4, 0.5) is 0 Å². The van der Waals surface area contributed by atoms with Gasteiger partial charge in [-0.05, 0) is 18.6 Å². The van der Waals surface area contributed by atoms with E-state index in [1.165, 1.54) is 0 Å². The summed E-state index contributed by atoms with van der Waals surface area (Å²) >= 11 is 0. The molecule has 24 heavy (non-hydrogen) atoms. The minimum absolute atomic E-state index is 0.433. The molecule has 1 fully saturated rings. The van der Waals surface area contributed by atoms with Crippen LogP contribution in [0.25, 0.3) is 11.5 Å². The molecule has 0 spiro atoms. The van der Waals surface area contributed by atoms with E-state index in [4.69, 9.17) is 4.42 Å². The molecule has 3 aromatic rings. The topological polar surface area (TPSA) is 93.1 Å². The summed E-state index contributed by atoms with van der Waals surface area (Å²) in [5, 5.41) is 26.6. The maximum atomic E-state index is 10.7. The number of hydrogen-bond acceptors (Lipinski definition) is 7. The highest BCUT2D eigenvalue weighted by Crippen LogP contribution is 2.25. The monoisotopic (exact) mass is 326 g/mol. The minimum atomic E-state index is -0.810. The first-order valence-electron chi connectivity index (χ1n) is 7.87. The predicted molar refractivity (Wildman–Crippen MR) is 84.6 cm³/mol. The lowest BCUT2D eigenvalue weighted by atomic mass is 10.0. The van der Waals surface area contributed by atoms with Crippen molar-refractivity contribution < 1.29 is 9.52 Å². The van der Waals surface area contributed by atoms with Crippen LogP contribution in [0, 0.1) is 0 Å². The molecule has 2 aromatic heterocycles. The van der Waals surface area contributed by atoms with Crippen molar-refractivity contribution in [3.8, 4) is 11.5 Å². The standard InChI is InChI=1S/C16H18N6O2/c23-16(12-22-9-7-17-20-22)6-8-21(11-16)10-14-18-19-15(24-14)13-4-2-1-3-5-13/h1-5,7,9,23H,6,8,10-12H2. The van der Waals surface area contributed by atoms with Gasteiger partial charge in [0.15, 0.2) is 0 Å². The van der Waals surface area contributed by atoms with Crippen molar-refractivity contribution in [2.75, 3.05) is 13.1 Å². The van der Waals surface area contributed by atoms with E-state index in [-0.39, 0.29) is 0 Å². The van der Waals surface area contributed by atoms with Crippen molar-refractivity contribution in [2.24, 2.45) is 0 Å². The minimum Gasteiger partial charge on any atom is -0.419 e. The first kappa shape index (κ1) is 15.0. The Morgan fingerprint density at radius 2 is 2.08 bits per heavy atom. The fourth-order valence-corrected chi connectivity index (χ4v) is 3.03. The third kappa shape index (κ3) is 3.19. The van der Waals surface area contributed by atoms with E-state index in [0.717, 1.165) is 12.1 Å².